The molecule has 0 saturated carbocycles. The molecule has 0 atom stereocenters. The molecule has 1 heterocycles. The maximum absolute atomic E-state index is 12.9. The van der Waals surface area contributed by atoms with E-state index in [0.717, 1.165) is 17.5 Å². The molecule has 0 unspecified atom stereocenters. The molecule has 1 N–H and O–H groups in total. The monoisotopic (exact) mass is 396 g/mol. The molecule has 0 aliphatic carbocycles. The second kappa shape index (κ2) is 9.66. The quantitative estimate of drug-likeness (QED) is 0.686. The number of carbonyl (C=O) groups is 1. The molecule has 1 saturated heterocycles. The van der Waals surface area contributed by atoms with Crippen molar-refractivity contribution in [3.8, 4) is 0 Å². The van der Waals surface area contributed by atoms with Gasteiger partial charge in [0.15, 0.2) is 0 Å². The van der Waals surface area contributed by atoms with Crippen molar-refractivity contribution in [2.75, 3.05) is 26.2 Å². The zero-order valence-electron chi connectivity index (χ0n) is 16.8. The SMILES string of the molecule is Cc1ccc(C)c(S(=O)(=O)N2CCC(C(=O)NCCCOC(C)C)CC2)c1. The number of piperidine rings is 1. The molecule has 0 radical (unpaired) electrons. The Hall–Kier alpha value is -1.44. The van der Waals surface area contributed by atoms with E-state index in [1.54, 1.807) is 6.07 Å². The summed E-state index contributed by atoms with van der Waals surface area (Å²) in [7, 11) is -3.51. The van der Waals surface area contributed by atoms with Gasteiger partial charge in [-0.2, -0.15) is 4.31 Å². The van der Waals surface area contributed by atoms with Crippen LogP contribution in [0.2, 0.25) is 0 Å². The summed E-state index contributed by atoms with van der Waals surface area (Å²) in [6.07, 6.45) is 2.09. The van der Waals surface area contributed by atoms with E-state index in [4.69, 9.17) is 4.74 Å². The molecule has 2 rings (SSSR count). The van der Waals surface area contributed by atoms with Gasteiger partial charge in [0.1, 0.15) is 0 Å². The summed E-state index contributed by atoms with van der Waals surface area (Å²) in [4.78, 5) is 12.7. The Bertz CT molecular complexity index is 738. The smallest absolute Gasteiger partial charge is 0.243 e. The summed E-state index contributed by atoms with van der Waals surface area (Å²) in [5, 5.41) is 2.94. The predicted octanol–water partition coefficient (Wildman–Crippen LogP) is 2.64. The number of sulfonamides is 1. The number of aryl methyl sites for hydroxylation is 2. The first-order valence-electron chi connectivity index (χ1n) is 9.68. The lowest BCUT2D eigenvalue weighted by molar-refractivity contribution is -0.126. The van der Waals surface area contributed by atoms with Crippen molar-refractivity contribution in [3.63, 3.8) is 0 Å². The highest BCUT2D eigenvalue weighted by atomic mass is 32.2. The van der Waals surface area contributed by atoms with E-state index < -0.39 is 10.0 Å². The van der Waals surface area contributed by atoms with Gasteiger partial charge in [-0.05, 0) is 64.2 Å². The van der Waals surface area contributed by atoms with Gasteiger partial charge in [0.05, 0.1) is 11.0 Å². The van der Waals surface area contributed by atoms with Crippen molar-refractivity contribution < 1.29 is 17.9 Å². The molecule has 6 nitrogen and oxygen atoms in total. The molecule has 0 spiro atoms. The fourth-order valence-electron chi connectivity index (χ4n) is 3.23. The predicted molar refractivity (Wildman–Crippen MR) is 106 cm³/mol. The molecular weight excluding hydrogens is 364 g/mol. The van der Waals surface area contributed by atoms with Crippen LogP contribution in [0, 0.1) is 19.8 Å². The lowest BCUT2D eigenvalue weighted by atomic mass is 9.97. The highest BCUT2D eigenvalue weighted by Gasteiger charge is 2.32. The van der Waals surface area contributed by atoms with Gasteiger partial charge in [0.25, 0.3) is 0 Å². The van der Waals surface area contributed by atoms with Gasteiger partial charge in [-0.15, -0.1) is 0 Å². The van der Waals surface area contributed by atoms with Crippen LogP contribution in [0.4, 0.5) is 0 Å². The van der Waals surface area contributed by atoms with Gasteiger partial charge >= 0.3 is 0 Å². The number of nitrogens with one attached hydrogen (secondary N) is 1. The van der Waals surface area contributed by atoms with Crippen LogP contribution in [0.1, 0.15) is 44.2 Å². The van der Waals surface area contributed by atoms with Crippen LogP contribution in [0.25, 0.3) is 0 Å². The number of benzene rings is 1. The lowest BCUT2D eigenvalue weighted by Crippen LogP contribution is -2.43. The minimum absolute atomic E-state index is 0.0170. The molecule has 0 aromatic heterocycles. The van der Waals surface area contributed by atoms with Gasteiger partial charge < -0.3 is 10.1 Å². The number of amides is 1. The van der Waals surface area contributed by atoms with Gasteiger partial charge in [-0.25, -0.2) is 8.42 Å². The summed E-state index contributed by atoms with van der Waals surface area (Å²) in [6.45, 7) is 9.65. The second-order valence-corrected chi connectivity index (χ2v) is 9.42. The molecule has 1 amide bonds. The number of hydrogen-bond acceptors (Lipinski definition) is 4. The Kier molecular flexibility index (Phi) is 7.82. The average Bonchev–Trinajstić information content (AvgIpc) is 2.63. The van der Waals surface area contributed by atoms with Crippen LogP contribution in [0.5, 0.6) is 0 Å². The summed E-state index contributed by atoms with van der Waals surface area (Å²) >= 11 is 0. The maximum atomic E-state index is 12.9. The molecule has 7 heteroatoms. The van der Waals surface area contributed by atoms with Crippen molar-refractivity contribution in [1.29, 1.82) is 0 Å². The number of ether oxygens (including phenoxy) is 1. The van der Waals surface area contributed by atoms with Crippen molar-refractivity contribution in [2.45, 2.75) is 58.0 Å². The second-order valence-electron chi connectivity index (χ2n) is 7.51. The number of rotatable bonds is 8. The largest absolute Gasteiger partial charge is 0.379 e. The van der Waals surface area contributed by atoms with Crippen LogP contribution in [0.3, 0.4) is 0 Å². The van der Waals surface area contributed by atoms with Crippen molar-refractivity contribution >= 4 is 15.9 Å². The minimum Gasteiger partial charge on any atom is -0.379 e. The van der Waals surface area contributed by atoms with Crippen LogP contribution in [-0.2, 0) is 19.6 Å². The Balaban J connectivity index is 1.85. The van der Waals surface area contributed by atoms with E-state index in [2.05, 4.69) is 5.32 Å². The molecule has 152 valence electrons. The molecule has 1 aromatic carbocycles. The first kappa shape index (κ1) is 21.9. The normalized spacial score (nSPS) is 16.6. The number of nitrogens with zero attached hydrogens (tertiary/aromatic N) is 1. The first-order chi connectivity index (χ1) is 12.7. The fourth-order valence-corrected chi connectivity index (χ4v) is 5.01. The molecule has 1 aliphatic heterocycles. The summed E-state index contributed by atoms with van der Waals surface area (Å²) in [5.74, 6) is -0.107. The summed E-state index contributed by atoms with van der Waals surface area (Å²) < 4.78 is 32.9. The Morgan fingerprint density at radius 2 is 1.93 bits per heavy atom. The van der Waals surface area contributed by atoms with Crippen molar-refractivity contribution in [1.82, 2.24) is 9.62 Å². The number of hydrogen-bond donors (Lipinski definition) is 1. The number of carbonyl (C=O) groups excluding carboxylic acids is 1. The first-order valence-corrected chi connectivity index (χ1v) is 11.1. The van der Waals surface area contributed by atoms with Crippen LogP contribution < -0.4 is 5.32 Å². The van der Waals surface area contributed by atoms with Crippen LogP contribution >= 0.6 is 0 Å². The Morgan fingerprint density at radius 3 is 2.56 bits per heavy atom. The Labute approximate surface area is 163 Å². The zero-order chi connectivity index (χ0) is 20.0. The van der Waals surface area contributed by atoms with Crippen LogP contribution in [-0.4, -0.2) is 51.0 Å². The third-order valence-electron chi connectivity index (χ3n) is 4.86. The topological polar surface area (TPSA) is 75.7 Å². The van der Waals surface area contributed by atoms with Gasteiger partial charge in [-0.3, -0.25) is 4.79 Å². The van der Waals surface area contributed by atoms with Gasteiger partial charge in [0.2, 0.25) is 15.9 Å². The molecule has 27 heavy (non-hydrogen) atoms. The van der Waals surface area contributed by atoms with E-state index in [-0.39, 0.29) is 17.9 Å². The minimum atomic E-state index is -3.51. The lowest BCUT2D eigenvalue weighted by Gasteiger charge is -2.31. The summed E-state index contributed by atoms with van der Waals surface area (Å²) in [5.41, 5.74) is 1.68. The van der Waals surface area contributed by atoms with E-state index in [1.807, 2.05) is 39.8 Å². The fraction of sp³-hybridized carbons (Fsp3) is 0.650. The Morgan fingerprint density at radius 1 is 1.26 bits per heavy atom. The zero-order valence-corrected chi connectivity index (χ0v) is 17.6. The highest BCUT2D eigenvalue weighted by Crippen LogP contribution is 2.26. The third-order valence-corrected chi connectivity index (χ3v) is 6.90. The van der Waals surface area contributed by atoms with Gasteiger partial charge in [-0.1, -0.05) is 12.1 Å². The highest BCUT2D eigenvalue weighted by molar-refractivity contribution is 7.89. The molecule has 1 aromatic rings. The van der Waals surface area contributed by atoms with Crippen molar-refractivity contribution in [2.24, 2.45) is 5.92 Å². The van der Waals surface area contributed by atoms with Crippen molar-refractivity contribution in [3.05, 3.63) is 29.3 Å². The van der Waals surface area contributed by atoms with E-state index in [1.165, 1.54) is 4.31 Å². The maximum Gasteiger partial charge on any atom is 0.243 e. The molecular formula is C20H32N2O4S. The van der Waals surface area contributed by atoms with E-state index >= 15 is 0 Å². The van der Waals surface area contributed by atoms with Crippen LogP contribution in [0.15, 0.2) is 23.1 Å². The van der Waals surface area contributed by atoms with E-state index in [9.17, 15) is 13.2 Å². The summed E-state index contributed by atoms with van der Waals surface area (Å²) in [6, 6.07) is 5.48. The third kappa shape index (κ3) is 6.02. The molecule has 1 fully saturated rings. The molecule has 0 bridgehead atoms. The van der Waals surface area contributed by atoms with Gasteiger partial charge in [0, 0.05) is 32.2 Å². The van der Waals surface area contributed by atoms with E-state index in [0.29, 0.717) is 44.0 Å². The standard InChI is InChI=1S/C20H32N2O4S/c1-15(2)26-13-5-10-21-20(23)18-8-11-22(12-9-18)27(24,25)19-14-16(3)6-7-17(19)4/h6-7,14-15,18H,5,8-13H2,1-4H3,(H,21,23). The average molecular weight is 397 g/mol. The molecule has 1 aliphatic rings.